The molecule has 1 heterocycles. The van der Waals surface area contributed by atoms with E-state index in [1.807, 2.05) is 0 Å². The molecule has 0 unspecified atom stereocenters. The summed E-state index contributed by atoms with van der Waals surface area (Å²) in [5.41, 5.74) is 3.23. The van der Waals surface area contributed by atoms with Gasteiger partial charge in [0.1, 0.15) is 29.5 Å². The van der Waals surface area contributed by atoms with Crippen LogP contribution < -0.4 is 15.7 Å². The van der Waals surface area contributed by atoms with Crippen LogP contribution in [-0.2, 0) is 29.2 Å². The molecule has 0 aromatic heterocycles. The third-order valence-electron chi connectivity index (χ3n) is 6.18. The highest BCUT2D eigenvalue weighted by Gasteiger charge is 2.23. The van der Waals surface area contributed by atoms with Crippen LogP contribution in [-0.4, -0.2) is 51.2 Å². The fourth-order valence-corrected chi connectivity index (χ4v) is 4.92. The van der Waals surface area contributed by atoms with Crippen LogP contribution in [0.25, 0.3) is 33.4 Å². The first kappa shape index (κ1) is 30.2. The average molecular weight is 592 g/mol. The lowest BCUT2D eigenvalue weighted by Gasteiger charge is -2.17. The van der Waals surface area contributed by atoms with Crippen molar-refractivity contribution in [2.24, 2.45) is 0 Å². The van der Waals surface area contributed by atoms with Gasteiger partial charge in [0.15, 0.2) is 6.54 Å². The van der Waals surface area contributed by atoms with Gasteiger partial charge in [-0.2, -0.15) is 8.42 Å². The minimum absolute atomic E-state index is 0.127. The van der Waals surface area contributed by atoms with Gasteiger partial charge >= 0.3 is 11.9 Å². The van der Waals surface area contributed by atoms with E-state index < -0.39 is 22.1 Å². The lowest BCUT2D eigenvalue weighted by atomic mass is 9.93. The van der Waals surface area contributed by atoms with Crippen molar-refractivity contribution in [1.29, 1.82) is 0 Å². The van der Waals surface area contributed by atoms with Gasteiger partial charge in [-0.15, -0.1) is 0 Å². The number of carbonyl (C=O) groups excluding carboxylic acids is 2. The fraction of sp³-hybridized carbons (Fsp3) is 0.194. The third kappa shape index (κ3) is 7.12. The van der Waals surface area contributed by atoms with Crippen molar-refractivity contribution in [2.75, 3.05) is 31.6 Å². The fourth-order valence-electron chi connectivity index (χ4n) is 4.22. The molecule has 1 aliphatic carbocycles. The van der Waals surface area contributed by atoms with Gasteiger partial charge in [-0.1, -0.05) is 31.4 Å². The van der Waals surface area contributed by atoms with Gasteiger partial charge in [0.2, 0.25) is 5.36 Å². The summed E-state index contributed by atoms with van der Waals surface area (Å²) in [4.78, 5) is 26.2. The Morgan fingerprint density at radius 1 is 0.929 bits per heavy atom. The van der Waals surface area contributed by atoms with E-state index in [0.29, 0.717) is 68.7 Å². The molecule has 0 saturated heterocycles. The van der Waals surface area contributed by atoms with Crippen LogP contribution in [0.15, 0.2) is 94.3 Å². The van der Waals surface area contributed by atoms with E-state index in [0.717, 1.165) is 0 Å². The Morgan fingerprint density at radius 3 is 2.31 bits per heavy atom. The average Bonchev–Trinajstić information content (AvgIpc) is 2.95. The van der Waals surface area contributed by atoms with E-state index >= 15 is 0 Å². The molecule has 11 heteroatoms. The third-order valence-corrected chi connectivity index (χ3v) is 7.09. The minimum Gasteiger partial charge on any atom is -0.460 e. The molecule has 4 rings (SSSR count). The second kappa shape index (κ2) is 12.8. The van der Waals surface area contributed by atoms with Gasteiger partial charge in [-0.05, 0) is 38.1 Å². The summed E-state index contributed by atoms with van der Waals surface area (Å²) in [5, 5.41) is 4.47. The Bertz CT molecular complexity index is 1840. The van der Waals surface area contributed by atoms with Crippen molar-refractivity contribution < 1.29 is 41.4 Å². The highest BCUT2D eigenvalue weighted by molar-refractivity contribution is 7.86. The summed E-state index contributed by atoms with van der Waals surface area (Å²) in [5.74, 6) is -0.506. The number of hydrogen-bond acceptors (Lipinski definition) is 8. The lowest BCUT2D eigenvalue weighted by Crippen LogP contribution is -2.77. The molecule has 10 nitrogen and oxygen atoms in total. The molecule has 0 fully saturated rings. The Hall–Kier alpha value is -4.74. The van der Waals surface area contributed by atoms with Crippen LogP contribution in [0.1, 0.15) is 13.8 Å². The summed E-state index contributed by atoms with van der Waals surface area (Å²) < 4.78 is 51.2. The summed E-state index contributed by atoms with van der Waals surface area (Å²) in [7, 11) is -4.54. The first-order valence-corrected chi connectivity index (χ1v) is 14.4. The summed E-state index contributed by atoms with van der Waals surface area (Å²) in [6, 6.07) is 16.9. The number of anilines is 1. The molecule has 0 spiro atoms. The molecule has 0 saturated carbocycles. The van der Waals surface area contributed by atoms with Gasteiger partial charge in [0.25, 0.3) is 10.1 Å². The number of esters is 2. The molecule has 2 aromatic carbocycles. The normalized spacial score (nSPS) is 11.8. The molecule has 42 heavy (non-hydrogen) atoms. The van der Waals surface area contributed by atoms with E-state index in [-0.39, 0.29) is 18.1 Å². The molecule has 3 N–H and O–H groups in total. The standard InChI is InChI=1S/C31H30N2O8S/c1-19(2)30(34)39-15-13-32-21-9-11-23-26(17-21)41-27-18-22(33-14-16-40-31(35)20(3)4)10-12-24(27)29(23)25-7-5-6-8-28(25)42(36,37)38/h5-12,17-18,32H,1,3,13-16H2,2,4H3,(H,36,37,38)/p+1. The first-order chi connectivity index (χ1) is 20.0. The van der Waals surface area contributed by atoms with E-state index in [4.69, 9.17) is 13.9 Å². The maximum absolute atomic E-state index is 12.3. The Balaban J connectivity index is 1.78. The second-order valence-electron chi connectivity index (χ2n) is 9.56. The number of carbonyl (C=O) groups is 2. The maximum Gasteiger partial charge on any atom is 0.333 e. The van der Waals surface area contributed by atoms with Crippen LogP contribution in [0.3, 0.4) is 0 Å². The number of hydrogen-bond donors (Lipinski definition) is 3. The minimum atomic E-state index is -4.54. The predicted octanol–water partition coefficient (Wildman–Crippen LogP) is 3.08. The Labute approximate surface area is 243 Å². The molecule has 0 amide bonds. The number of fused-ring (bicyclic) bond motifs is 2. The zero-order chi connectivity index (χ0) is 30.4. The second-order valence-corrected chi connectivity index (χ2v) is 10.9. The van der Waals surface area contributed by atoms with Crippen LogP contribution >= 0.6 is 0 Å². The summed E-state index contributed by atoms with van der Waals surface area (Å²) in [6.45, 7) is 11.2. The number of nitrogens with one attached hydrogen (secondary N) is 2. The van der Waals surface area contributed by atoms with Gasteiger partial charge < -0.3 is 19.2 Å². The number of benzene rings is 3. The summed E-state index contributed by atoms with van der Waals surface area (Å²) in [6.07, 6.45) is 0. The molecular weight excluding hydrogens is 560 g/mol. The molecule has 2 aliphatic rings. The van der Waals surface area contributed by atoms with Gasteiger partial charge in [-0.3, -0.25) is 4.55 Å². The highest BCUT2D eigenvalue weighted by Crippen LogP contribution is 2.42. The van der Waals surface area contributed by atoms with Gasteiger partial charge in [0, 0.05) is 57.6 Å². The van der Waals surface area contributed by atoms with E-state index in [1.54, 1.807) is 62.4 Å². The lowest BCUT2D eigenvalue weighted by molar-refractivity contribution is -0.502. The van der Waals surface area contributed by atoms with Gasteiger partial charge in [0.05, 0.1) is 6.07 Å². The zero-order valence-electron chi connectivity index (χ0n) is 23.2. The topological polar surface area (TPSA) is 146 Å². The van der Waals surface area contributed by atoms with Crippen molar-refractivity contribution in [2.45, 2.75) is 18.7 Å². The molecule has 0 radical (unpaired) electrons. The zero-order valence-corrected chi connectivity index (χ0v) is 24.0. The largest absolute Gasteiger partial charge is 0.460 e. The van der Waals surface area contributed by atoms with Crippen molar-refractivity contribution >= 4 is 38.7 Å². The Kier molecular flexibility index (Phi) is 9.24. The molecular formula is C31H31N2O8S+. The van der Waals surface area contributed by atoms with E-state index in [2.05, 4.69) is 23.5 Å². The molecule has 1 aliphatic heterocycles. The Morgan fingerprint density at radius 2 is 1.62 bits per heavy atom. The number of ether oxygens (including phenoxy) is 2. The van der Waals surface area contributed by atoms with Gasteiger partial charge in [-0.25, -0.2) is 14.6 Å². The molecule has 0 bridgehead atoms. The van der Waals surface area contributed by atoms with Crippen LogP contribution in [0, 0.1) is 0 Å². The van der Waals surface area contributed by atoms with Crippen molar-refractivity contribution in [3.8, 4) is 22.5 Å². The SMILES string of the molecule is C=C(C)C(=O)OCCNc1ccc2c(-c3ccccc3S(=O)(=O)O)c3ccc(=[NH+]CCOC(=O)C(=C)C)cc-3oc2c1. The van der Waals surface area contributed by atoms with E-state index in [1.165, 1.54) is 12.1 Å². The quantitative estimate of drug-likeness (QED) is 0.0787. The van der Waals surface area contributed by atoms with Crippen molar-refractivity contribution in [3.05, 3.63) is 90.3 Å². The highest BCUT2D eigenvalue weighted by atomic mass is 32.2. The van der Waals surface area contributed by atoms with Crippen LogP contribution in [0.5, 0.6) is 0 Å². The predicted molar refractivity (Wildman–Crippen MR) is 157 cm³/mol. The monoisotopic (exact) mass is 591 g/mol. The maximum atomic E-state index is 12.3. The number of rotatable bonds is 11. The summed E-state index contributed by atoms with van der Waals surface area (Å²) >= 11 is 0. The first-order valence-electron chi connectivity index (χ1n) is 13.0. The van der Waals surface area contributed by atoms with E-state index in [9.17, 15) is 22.6 Å². The van der Waals surface area contributed by atoms with Crippen LogP contribution in [0.4, 0.5) is 5.69 Å². The molecule has 218 valence electrons. The van der Waals surface area contributed by atoms with Crippen LogP contribution in [0.2, 0.25) is 0 Å². The van der Waals surface area contributed by atoms with Crippen molar-refractivity contribution in [1.82, 2.24) is 0 Å². The smallest absolute Gasteiger partial charge is 0.333 e. The molecule has 2 aromatic rings. The van der Waals surface area contributed by atoms with Crippen molar-refractivity contribution in [3.63, 3.8) is 0 Å². The molecule has 0 atom stereocenters.